The van der Waals surface area contributed by atoms with Gasteiger partial charge in [-0.15, -0.1) is 0 Å². The monoisotopic (exact) mass is 351 g/mol. The molecule has 1 aromatic heterocycles. The molecule has 5 nitrogen and oxygen atoms in total. The number of carbonyl (C=O) groups is 1. The minimum atomic E-state index is -0.228. The van der Waals surface area contributed by atoms with Gasteiger partial charge in [-0.05, 0) is 73.8 Å². The number of benzene rings is 1. The van der Waals surface area contributed by atoms with E-state index in [1.165, 1.54) is 49.3 Å². The summed E-state index contributed by atoms with van der Waals surface area (Å²) in [6.07, 6.45) is 9.35. The molecular formula is C21H25N3O2. The number of fused-ring (bicyclic) bond motifs is 1. The summed E-state index contributed by atoms with van der Waals surface area (Å²) in [6.45, 7) is 0.835. The molecule has 4 aliphatic rings. The Hall–Kier alpha value is -2.17. The molecule has 4 saturated carbocycles. The van der Waals surface area contributed by atoms with Crippen LogP contribution >= 0.6 is 0 Å². The first-order chi connectivity index (χ1) is 12.6. The topological polar surface area (TPSA) is 64.0 Å². The minimum Gasteiger partial charge on any atom is -0.354 e. The highest BCUT2D eigenvalue weighted by atomic mass is 16.2. The summed E-state index contributed by atoms with van der Waals surface area (Å²) in [7, 11) is 0. The lowest BCUT2D eigenvalue weighted by molar-refractivity contribution is -0.123. The Morgan fingerprint density at radius 2 is 1.77 bits per heavy atom. The molecule has 0 radical (unpaired) electrons. The summed E-state index contributed by atoms with van der Waals surface area (Å²) in [5.41, 5.74) is 1.54. The van der Waals surface area contributed by atoms with Crippen molar-refractivity contribution < 1.29 is 4.79 Å². The number of para-hydroxylation sites is 2. The van der Waals surface area contributed by atoms with Crippen molar-refractivity contribution in [2.24, 2.45) is 23.2 Å². The number of rotatable bonds is 4. The highest BCUT2D eigenvalue weighted by Crippen LogP contribution is 2.59. The third-order valence-electron chi connectivity index (χ3n) is 6.88. The number of nitrogens with one attached hydrogen (secondary N) is 1. The van der Waals surface area contributed by atoms with E-state index < -0.39 is 0 Å². The first kappa shape index (κ1) is 16.0. The van der Waals surface area contributed by atoms with Crippen LogP contribution in [0.2, 0.25) is 0 Å². The average molecular weight is 351 g/mol. The zero-order valence-electron chi connectivity index (χ0n) is 15.0. The number of carbonyl (C=O) groups excluding carboxylic acids is 1. The van der Waals surface area contributed by atoms with Crippen LogP contribution in [0.3, 0.4) is 0 Å². The Bertz CT molecular complexity index is 882. The van der Waals surface area contributed by atoms with Crippen molar-refractivity contribution in [3.8, 4) is 0 Å². The molecule has 1 amide bonds. The van der Waals surface area contributed by atoms with Crippen molar-refractivity contribution in [1.82, 2.24) is 14.9 Å². The minimum absolute atomic E-state index is 0.0637. The molecule has 0 saturated heterocycles. The molecule has 0 unspecified atom stereocenters. The number of aromatic nitrogens is 2. The summed E-state index contributed by atoms with van der Waals surface area (Å²) < 4.78 is 1.53. The van der Waals surface area contributed by atoms with E-state index in [9.17, 15) is 9.59 Å². The zero-order valence-corrected chi connectivity index (χ0v) is 15.0. The second-order valence-corrected chi connectivity index (χ2v) is 8.87. The van der Waals surface area contributed by atoms with Gasteiger partial charge in [0.05, 0.1) is 17.2 Å². The predicted octanol–water partition coefficient (Wildman–Crippen LogP) is 2.73. The maximum Gasteiger partial charge on any atom is 0.269 e. The summed E-state index contributed by atoms with van der Waals surface area (Å²) in [5.74, 6) is 2.57. The van der Waals surface area contributed by atoms with E-state index >= 15 is 0 Å². The van der Waals surface area contributed by atoms with Crippen LogP contribution in [-0.2, 0) is 11.3 Å². The van der Waals surface area contributed by atoms with Crippen molar-refractivity contribution >= 4 is 16.9 Å². The lowest BCUT2D eigenvalue weighted by atomic mass is 9.49. The summed E-state index contributed by atoms with van der Waals surface area (Å²) in [6, 6.07) is 7.46. The molecule has 6 rings (SSSR count). The number of amides is 1. The maximum absolute atomic E-state index is 12.6. The molecule has 136 valence electrons. The SMILES string of the molecule is O=C(Cn1c(=O)cnc2ccccc21)NCC12CC3CC(CC(C3)C1)C2. The molecule has 26 heavy (non-hydrogen) atoms. The van der Waals surface area contributed by atoms with Gasteiger partial charge in [0.15, 0.2) is 0 Å². The van der Waals surface area contributed by atoms with Crippen LogP contribution in [0, 0.1) is 23.2 Å². The van der Waals surface area contributed by atoms with Gasteiger partial charge in [-0.25, -0.2) is 4.98 Å². The fourth-order valence-corrected chi connectivity index (χ4v) is 6.27. The Kier molecular flexibility index (Phi) is 3.66. The maximum atomic E-state index is 12.6. The van der Waals surface area contributed by atoms with Crippen LogP contribution in [0.4, 0.5) is 0 Å². The number of hydrogen-bond acceptors (Lipinski definition) is 3. The fraction of sp³-hybridized carbons (Fsp3) is 0.571. The lowest BCUT2D eigenvalue weighted by Gasteiger charge is -2.56. The Balaban J connectivity index is 1.30. The largest absolute Gasteiger partial charge is 0.354 e. The summed E-state index contributed by atoms with van der Waals surface area (Å²) in [5, 5.41) is 3.16. The average Bonchev–Trinajstić information content (AvgIpc) is 2.61. The fourth-order valence-electron chi connectivity index (χ4n) is 6.27. The van der Waals surface area contributed by atoms with Crippen LogP contribution in [0.15, 0.2) is 35.3 Å². The molecule has 4 fully saturated rings. The van der Waals surface area contributed by atoms with Gasteiger partial charge in [-0.3, -0.25) is 14.2 Å². The van der Waals surface area contributed by atoms with Gasteiger partial charge in [0.1, 0.15) is 6.54 Å². The third-order valence-corrected chi connectivity index (χ3v) is 6.88. The van der Waals surface area contributed by atoms with E-state index in [1.54, 1.807) is 0 Å². The van der Waals surface area contributed by atoms with Crippen molar-refractivity contribution in [3.05, 3.63) is 40.8 Å². The predicted molar refractivity (Wildman–Crippen MR) is 99.6 cm³/mol. The van der Waals surface area contributed by atoms with E-state index in [4.69, 9.17) is 0 Å². The van der Waals surface area contributed by atoms with Crippen LogP contribution in [-0.4, -0.2) is 22.0 Å². The first-order valence-corrected chi connectivity index (χ1v) is 9.82. The van der Waals surface area contributed by atoms with E-state index in [0.717, 1.165) is 29.8 Å². The standard InChI is InChI=1S/C21H25N3O2/c25-19(12-24-18-4-2-1-3-17(18)22-11-20(24)26)23-13-21-8-14-5-15(9-21)7-16(6-14)10-21/h1-4,11,14-16H,5-10,12-13H2,(H,23,25). The molecule has 0 atom stereocenters. The van der Waals surface area contributed by atoms with E-state index in [2.05, 4.69) is 10.3 Å². The van der Waals surface area contributed by atoms with E-state index in [1.807, 2.05) is 24.3 Å². The highest BCUT2D eigenvalue weighted by Gasteiger charge is 2.50. The van der Waals surface area contributed by atoms with Crippen LogP contribution in [0.1, 0.15) is 38.5 Å². The molecule has 0 spiro atoms. The van der Waals surface area contributed by atoms with Crippen LogP contribution < -0.4 is 10.9 Å². The van der Waals surface area contributed by atoms with Crippen LogP contribution in [0.25, 0.3) is 11.0 Å². The first-order valence-electron chi connectivity index (χ1n) is 9.82. The molecule has 1 N–H and O–H groups in total. The highest BCUT2D eigenvalue weighted by molar-refractivity contribution is 5.79. The van der Waals surface area contributed by atoms with Crippen molar-refractivity contribution in [2.45, 2.75) is 45.1 Å². The molecular weight excluding hydrogens is 326 g/mol. The van der Waals surface area contributed by atoms with Gasteiger partial charge in [0.25, 0.3) is 5.56 Å². The Morgan fingerprint density at radius 3 is 2.46 bits per heavy atom. The van der Waals surface area contributed by atoms with Gasteiger partial charge in [0.2, 0.25) is 5.91 Å². The molecule has 5 heteroatoms. The summed E-state index contributed by atoms with van der Waals surface area (Å²) in [4.78, 5) is 29.0. The smallest absolute Gasteiger partial charge is 0.269 e. The van der Waals surface area contributed by atoms with Crippen LogP contribution in [0.5, 0.6) is 0 Å². The van der Waals surface area contributed by atoms with Gasteiger partial charge in [-0.1, -0.05) is 12.1 Å². The van der Waals surface area contributed by atoms with Gasteiger partial charge < -0.3 is 5.32 Å². The molecule has 0 aliphatic heterocycles. The van der Waals surface area contributed by atoms with Gasteiger partial charge >= 0.3 is 0 Å². The van der Waals surface area contributed by atoms with Gasteiger partial charge in [0, 0.05) is 6.54 Å². The van der Waals surface area contributed by atoms with Crippen molar-refractivity contribution in [3.63, 3.8) is 0 Å². The van der Waals surface area contributed by atoms with E-state index in [-0.39, 0.29) is 18.0 Å². The van der Waals surface area contributed by atoms with Gasteiger partial charge in [-0.2, -0.15) is 0 Å². The second-order valence-electron chi connectivity index (χ2n) is 8.87. The van der Waals surface area contributed by atoms with E-state index in [0.29, 0.717) is 10.9 Å². The number of hydrogen-bond donors (Lipinski definition) is 1. The Morgan fingerprint density at radius 1 is 1.12 bits per heavy atom. The van der Waals surface area contributed by atoms with Crippen molar-refractivity contribution in [1.29, 1.82) is 0 Å². The molecule has 1 heterocycles. The number of nitrogens with zero attached hydrogens (tertiary/aromatic N) is 2. The lowest BCUT2D eigenvalue weighted by Crippen LogP contribution is -2.51. The third kappa shape index (κ3) is 2.74. The summed E-state index contributed by atoms with van der Waals surface area (Å²) >= 11 is 0. The second kappa shape index (κ2) is 5.93. The Labute approximate surface area is 152 Å². The molecule has 1 aromatic carbocycles. The molecule has 4 aliphatic carbocycles. The normalized spacial score (nSPS) is 32.1. The zero-order chi connectivity index (χ0) is 17.7. The molecule has 2 aromatic rings. The molecule has 4 bridgehead atoms. The van der Waals surface area contributed by atoms with Crippen molar-refractivity contribution in [2.75, 3.05) is 6.54 Å². The quantitative estimate of drug-likeness (QED) is 0.921.